The molecule has 0 N–H and O–H groups in total. The van der Waals surface area contributed by atoms with E-state index in [-0.39, 0.29) is 5.92 Å². The quantitative estimate of drug-likeness (QED) is 0.581. The molecule has 1 saturated heterocycles. The third-order valence-corrected chi connectivity index (χ3v) is 7.72. The number of unbranched alkanes of at least 4 members (excludes halogenated alkanes) is 1. The second-order valence-corrected chi connectivity index (χ2v) is 9.57. The minimum atomic E-state index is 0.273. The van der Waals surface area contributed by atoms with Crippen molar-refractivity contribution in [3.05, 3.63) is 34.9 Å². The highest BCUT2D eigenvalue weighted by Crippen LogP contribution is 2.39. The van der Waals surface area contributed by atoms with E-state index in [2.05, 4.69) is 24.0 Å². The number of hydrogen-bond donors (Lipinski definition) is 0. The third kappa shape index (κ3) is 5.19. The molecule has 1 heterocycles. The first-order valence-corrected chi connectivity index (χ1v) is 11.8. The van der Waals surface area contributed by atoms with Crippen molar-refractivity contribution in [3.63, 3.8) is 0 Å². The Hall–Kier alpha value is -0.670. The van der Waals surface area contributed by atoms with Gasteiger partial charge < -0.3 is 4.90 Å². The van der Waals surface area contributed by atoms with Crippen molar-refractivity contribution >= 4 is 29.3 Å². The van der Waals surface area contributed by atoms with Crippen LogP contribution in [0.3, 0.4) is 0 Å². The zero-order valence-electron chi connectivity index (χ0n) is 16.0. The van der Waals surface area contributed by atoms with Gasteiger partial charge in [-0.15, -0.1) is 0 Å². The summed E-state index contributed by atoms with van der Waals surface area (Å²) in [5.41, 5.74) is 1.23. The van der Waals surface area contributed by atoms with Gasteiger partial charge in [-0.05, 0) is 49.7 Å². The standard InChI is InChI=1S/C22H32ClNOS/c1-2-3-6-17-9-11-18(12-10-17)22(25)24-14-13-21(26-16-15-24)19-7-4-5-8-20(19)23/h4-5,7-8,17-18,21H,2-3,6,9-16H2,1H3. The Morgan fingerprint density at radius 3 is 2.65 bits per heavy atom. The molecule has 0 radical (unpaired) electrons. The van der Waals surface area contributed by atoms with Crippen LogP contribution in [0.4, 0.5) is 0 Å². The summed E-state index contributed by atoms with van der Waals surface area (Å²) >= 11 is 8.34. The molecule has 2 fully saturated rings. The van der Waals surface area contributed by atoms with E-state index in [4.69, 9.17) is 11.6 Å². The lowest BCUT2D eigenvalue weighted by molar-refractivity contribution is -0.136. The first-order valence-electron chi connectivity index (χ1n) is 10.3. The summed E-state index contributed by atoms with van der Waals surface area (Å²) in [5, 5.41) is 1.27. The van der Waals surface area contributed by atoms with Crippen molar-refractivity contribution in [2.45, 2.75) is 63.5 Å². The Labute approximate surface area is 168 Å². The molecule has 1 atom stereocenters. The lowest BCUT2D eigenvalue weighted by Gasteiger charge is -2.31. The van der Waals surface area contributed by atoms with Gasteiger partial charge in [0.15, 0.2) is 0 Å². The van der Waals surface area contributed by atoms with Gasteiger partial charge in [-0.25, -0.2) is 0 Å². The molecule has 1 aromatic rings. The fourth-order valence-electron chi connectivity index (χ4n) is 4.42. The van der Waals surface area contributed by atoms with E-state index in [9.17, 15) is 4.79 Å². The first-order chi connectivity index (χ1) is 12.7. The highest BCUT2D eigenvalue weighted by molar-refractivity contribution is 7.99. The predicted octanol–water partition coefficient (Wildman–Crippen LogP) is 6.34. The molecule has 1 aliphatic carbocycles. The van der Waals surface area contributed by atoms with Crippen LogP contribution in [-0.2, 0) is 4.79 Å². The monoisotopic (exact) mass is 393 g/mol. The van der Waals surface area contributed by atoms with E-state index in [1.807, 2.05) is 23.9 Å². The Morgan fingerprint density at radius 2 is 1.92 bits per heavy atom. The molecule has 3 rings (SSSR count). The number of benzene rings is 1. The summed E-state index contributed by atoms with van der Waals surface area (Å²) in [6, 6.07) is 8.16. The molecule has 2 aliphatic rings. The fourth-order valence-corrected chi connectivity index (χ4v) is 6.02. The topological polar surface area (TPSA) is 20.3 Å². The first kappa shape index (κ1) is 20.1. The van der Waals surface area contributed by atoms with Crippen LogP contribution >= 0.6 is 23.4 Å². The average molecular weight is 394 g/mol. The maximum atomic E-state index is 13.0. The molecule has 4 heteroatoms. The molecule has 1 unspecified atom stereocenters. The van der Waals surface area contributed by atoms with Gasteiger partial charge >= 0.3 is 0 Å². The van der Waals surface area contributed by atoms with E-state index in [1.54, 1.807) is 0 Å². The zero-order chi connectivity index (χ0) is 18.4. The van der Waals surface area contributed by atoms with Gasteiger partial charge in [0.05, 0.1) is 0 Å². The van der Waals surface area contributed by atoms with E-state index in [0.29, 0.717) is 11.2 Å². The van der Waals surface area contributed by atoms with Gasteiger partial charge in [0, 0.05) is 35.0 Å². The molecular weight excluding hydrogens is 362 g/mol. The second-order valence-electron chi connectivity index (χ2n) is 7.85. The Kier molecular flexibility index (Phi) is 7.75. The molecule has 0 aromatic heterocycles. The van der Waals surface area contributed by atoms with Crippen LogP contribution in [0, 0.1) is 11.8 Å². The Morgan fingerprint density at radius 1 is 1.15 bits per heavy atom. The van der Waals surface area contributed by atoms with Crippen LogP contribution in [0.2, 0.25) is 5.02 Å². The summed E-state index contributed by atoms with van der Waals surface area (Å²) in [5.74, 6) is 2.56. The molecule has 2 nitrogen and oxygen atoms in total. The summed E-state index contributed by atoms with van der Waals surface area (Å²) in [6.07, 6.45) is 9.70. The number of halogens is 1. The molecular formula is C22H32ClNOS. The van der Waals surface area contributed by atoms with Crippen LogP contribution in [0.1, 0.15) is 69.1 Å². The Balaban J connectivity index is 1.51. The SMILES string of the molecule is CCCCC1CCC(C(=O)N2CCSC(c3ccccc3Cl)CC2)CC1. The van der Waals surface area contributed by atoms with Crippen LogP contribution in [0.5, 0.6) is 0 Å². The number of carbonyl (C=O) groups is 1. The molecule has 1 aromatic carbocycles. The number of nitrogens with zero attached hydrogens (tertiary/aromatic N) is 1. The summed E-state index contributed by atoms with van der Waals surface area (Å²) < 4.78 is 0. The zero-order valence-corrected chi connectivity index (χ0v) is 17.5. The van der Waals surface area contributed by atoms with Gasteiger partial charge in [-0.1, -0.05) is 56.0 Å². The molecule has 144 valence electrons. The number of hydrogen-bond acceptors (Lipinski definition) is 2. The Bertz CT molecular complexity index is 585. The summed E-state index contributed by atoms with van der Waals surface area (Å²) in [6.45, 7) is 4.03. The van der Waals surface area contributed by atoms with E-state index >= 15 is 0 Å². The molecule has 1 saturated carbocycles. The van der Waals surface area contributed by atoms with Crippen LogP contribution in [0.25, 0.3) is 0 Å². The minimum Gasteiger partial charge on any atom is -0.342 e. The van der Waals surface area contributed by atoms with E-state index in [0.717, 1.165) is 49.0 Å². The average Bonchev–Trinajstić information content (AvgIpc) is 2.93. The number of amides is 1. The van der Waals surface area contributed by atoms with Gasteiger partial charge in [-0.2, -0.15) is 11.8 Å². The molecule has 1 amide bonds. The third-order valence-electron chi connectivity index (χ3n) is 6.07. The fraction of sp³-hybridized carbons (Fsp3) is 0.682. The smallest absolute Gasteiger partial charge is 0.225 e. The van der Waals surface area contributed by atoms with E-state index < -0.39 is 0 Å². The van der Waals surface area contributed by atoms with Gasteiger partial charge in [-0.3, -0.25) is 4.79 Å². The highest BCUT2D eigenvalue weighted by atomic mass is 35.5. The largest absolute Gasteiger partial charge is 0.342 e. The lowest BCUT2D eigenvalue weighted by Crippen LogP contribution is -2.39. The maximum absolute atomic E-state index is 13.0. The van der Waals surface area contributed by atoms with Gasteiger partial charge in [0.25, 0.3) is 0 Å². The van der Waals surface area contributed by atoms with Crippen LogP contribution in [0.15, 0.2) is 24.3 Å². The molecule has 0 spiro atoms. The van der Waals surface area contributed by atoms with Gasteiger partial charge in [0.2, 0.25) is 5.91 Å². The minimum absolute atomic E-state index is 0.273. The summed E-state index contributed by atoms with van der Waals surface area (Å²) in [4.78, 5) is 15.2. The van der Waals surface area contributed by atoms with Crippen LogP contribution in [-0.4, -0.2) is 29.6 Å². The highest BCUT2D eigenvalue weighted by Gasteiger charge is 2.31. The summed E-state index contributed by atoms with van der Waals surface area (Å²) in [7, 11) is 0. The molecule has 1 aliphatic heterocycles. The van der Waals surface area contributed by atoms with Crippen molar-refractivity contribution in [1.82, 2.24) is 4.90 Å². The van der Waals surface area contributed by atoms with Crippen molar-refractivity contribution in [2.24, 2.45) is 11.8 Å². The van der Waals surface area contributed by atoms with Crippen molar-refractivity contribution in [1.29, 1.82) is 0 Å². The number of carbonyl (C=O) groups excluding carboxylic acids is 1. The van der Waals surface area contributed by atoms with Crippen molar-refractivity contribution in [3.8, 4) is 0 Å². The predicted molar refractivity (Wildman–Crippen MR) is 113 cm³/mol. The van der Waals surface area contributed by atoms with Crippen molar-refractivity contribution < 1.29 is 4.79 Å². The van der Waals surface area contributed by atoms with Crippen LogP contribution < -0.4 is 0 Å². The normalized spacial score (nSPS) is 27.2. The number of thioether (sulfide) groups is 1. The maximum Gasteiger partial charge on any atom is 0.225 e. The van der Waals surface area contributed by atoms with E-state index in [1.165, 1.54) is 37.7 Å². The lowest BCUT2D eigenvalue weighted by atomic mass is 9.79. The molecule has 0 bridgehead atoms. The van der Waals surface area contributed by atoms with Gasteiger partial charge in [0.1, 0.15) is 0 Å². The second kappa shape index (κ2) is 10.0. The number of rotatable bonds is 5. The van der Waals surface area contributed by atoms with Crippen molar-refractivity contribution in [2.75, 3.05) is 18.8 Å². The molecule has 26 heavy (non-hydrogen) atoms.